The number of rotatable bonds is 2. The first kappa shape index (κ1) is 14.4. The second-order valence-electron chi connectivity index (χ2n) is 6.32. The molecule has 0 saturated heterocycles. The molecule has 1 fully saturated rings. The van der Waals surface area contributed by atoms with Gasteiger partial charge in [-0.25, -0.2) is 0 Å². The largest absolute Gasteiger partial charge is 0.459 e. The minimum absolute atomic E-state index is 0.288. The zero-order chi connectivity index (χ0) is 14.3. The average Bonchev–Trinajstić information content (AvgIpc) is 2.22. The van der Waals surface area contributed by atoms with Gasteiger partial charge >= 0.3 is 5.97 Å². The first-order valence-electron chi connectivity index (χ1n) is 6.47. The summed E-state index contributed by atoms with van der Waals surface area (Å²) in [5.74, 6) is -0.0190. The summed E-state index contributed by atoms with van der Waals surface area (Å²) >= 11 is 5.97. The van der Waals surface area contributed by atoms with Crippen molar-refractivity contribution >= 4 is 17.6 Å². The lowest BCUT2D eigenvalue weighted by Crippen LogP contribution is -2.58. The molecule has 4 heteroatoms. The third-order valence-corrected chi connectivity index (χ3v) is 3.58. The van der Waals surface area contributed by atoms with Crippen molar-refractivity contribution in [3.63, 3.8) is 0 Å². The van der Waals surface area contributed by atoms with E-state index in [1.54, 1.807) is 0 Å². The highest BCUT2D eigenvalue weighted by Gasteiger charge is 2.49. The molecule has 0 spiro atoms. The van der Waals surface area contributed by atoms with Gasteiger partial charge in [-0.3, -0.25) is 4.79 Å². The van der Waals surface area contributed by atoms with Crippen molar-refractivity contribution in [1.29, 1.82) is 0 Å². The van der Waals surface area contributed by atoms with E-state index in [9.17, 15) is 4.79 Å². The second-order valence-corrected chi connectivity index (χ2v) is 6.75. The van der Waals surface area contributed by atoms with E-state index >= 15 is 0 Å². The van der Waals surface area contributed by atoms with Crippen LogP contribution in [-0.4, -0.2) is 17.1 Å². The molecule has 1 aromatic rings. The monoisotopic (exact) mass is 281 g/mol. The fraction of sp³-hybridized carbons (Fsp3) is 0.533. The predicted molar refractivity (Wildman–Crippen MR) is 76.2 cm³/mol. The second kappa shape index (κ2) is 4.80. The zero-order valence-corrected chi connectivity index (χ0v) is 12.3. The van der Waals surface area contributed by atoms with Crippen LogP contribution in [0.25, 0.3) is 0 Å². The van der Waals surface area contributed by atoms with Crippen molar-refractivity contribution < 1.29 is 9.53 Å². The fourth-order valence-corrected chi connectivity index (χ4v) is 2.56. The Morgan fingerprint density at radius 1 is 1.42 bits per heavy atom. The Bertz CT molecular complexity index is 487. The van der Waals surface area contributed by atoms with Gasteiger partial charge in [0.2, 0.25) is 0 Å². The number of benzene rings is 1. The summed E-state index contributed by atoms with van der Waals surface area (Å²) in [7, 11) is 0. The molecular formula is C15H20ClNO2. The highest BCUT2D eigenvalue weighted by molar-refractivity contribution is 6.30. The van der Waals surface area contributed by atoms with Crippen molar-refractivity contribution in [3.05, 3.63) is 34.9 Å². The van der Waals surface area contributed by atoms with E-state index in [1.807, 2.05) is 45.0 Å². The first-order valence-corrected chi connectivity index (χ1v) is 6.85. The molecule has 0 bridgehead atoms. The van der Waals surface area contributed by atoms with Gasteiger partial charge < -0.3 is 10.5 Å². The van der Waals surface area contributed by atoms with Gasteiger partial charge in [0.1, 0.15) is 11.1 Å². The minimum Gasteiger partial charge on any atom is -0.459 e. The van der Waals surface area contributed by atoms with Gasteiger partial charge in [-0.2, -0.15) is 0 Å². The van der Waals surface area contributed by atoms with Crippen LogP contribution in [0, 0.1) is 0 Å². The molecule has 0 radical (unpaired) electrons. The van der Waals surface area contributed by atoms with Gasteiger partial charge in [-0.05, 0) is 57.2 Å². The molecule has 1 saturated carbocycles. The summed E-state index contributed by atoms with van der Waals surface area (Å²) in [4.78, 5) is 12.0. The first-order chi connectivity index (χ1) is 8.70. The minimum atomic E-state index is -0.847. The van der Waals surface area contributed by atoms with Gasteiger partial charge in [-0.1, -0.05) is 23.7 Å². The lowest BCUT2D eigenvalue weighted by molar-refractivity contribution is -0.166. The number of ether oxygens (including phenoxy) is 1. The Kier molecular flexibility index (Phi) is 3.63. The molecule has 0 aliphatic heterocycles. The highest BCUT2D eigenvalue weighted by atomic mass is 35.5. The zero-order valence-electron chi connectivity index (χ0n) is 11.6. The molecule has 2 N–H and O–H groups in total. The van der Waals surface area contributed by atoms with E-state index in [2.05, 4.69) is 0 Å². The van der Waals surface area contributed by atoms with Crippen LogP contribution < -0.4 is 5.73 Å². The lowest BCUT2D eigenvalue weighted by Gasteiger charge is -2.44. The maximum absolute atomic E-state index is 12.0. The third kappa shape index (κ3) is 3.28. The quantitative estimate of drug-likeness (QED) is 0.847. The standard InChI is InChI=1S/C15H20ClNO2/c1-14(2,3)19-13(18)15(17)8-11(9-15)10-5-4-6-12(16)7-10/h4-7,11H,8-9,17H2,1-3H3. The van der Waals surface area contributed by atoms with Crippen molar-refractivity contribution in [2.24, 2.45) is 5.73 Å². The lowest BCUT2D eigenvalue weighted by atomic mass is 9.66. The Balaban J connectivity index is 2.00. The van der Waals surface area contributed by atoms with E-state index in [0.29, 0.717) is 17.9 Å². The van der Waals surface area contributed by atoms with E-state index in [0.717, 1.165) is 5.56 Å². The van der Waals surface area contributed by atoms with E-state index in [-0.39, 0.29) is 11.9 Å². The number of hydrogen-bond donors (Lipinski definition) is 1. The number of nitrogens with two attached hydrogens (primary N) is 1. The van der Waals surface area contributed by atoms with Crippen LogP contribution in [0.4, 0.5) is 0 Å². The Hall–Kier alpha value is -1.06. The van der Waals surface area contributed by atoms with Crippen molar-refractivity contribution in [1.82, 2.24) is 0 Å². The van der Waals surface area contributed by atoms with Crippen LogP contribution in [-0.2, 0) is 9.53 Å². The van der Waals surface area contributed by atoms with Gasteiger partial charge in [0.05, 0.1) is 0 Å². The number of carbonyl (C=O) groups is 1. The SMILES string of the molecule is CC(C)(C)OC(=O)C1(N)CC(c2cccc(Cl)c2)C1. The van der Waals surface area contributed by atoms with Crippen LogP contribution in [0.5, 0.6) is 0 Å². The molecule has 0 unspecified atom stereocenters. The molecule has 3 nitrogen and oxygen atoms in total. The molecular weight excluding hydrogens is 262 g/mol. The Labute approximate surface area is 119 Å². The summed E-state index contributed by atoms with van der Waals surface area (Å²) in [6, 6.07) is 7.71. The molecule has 2 rings (SSSR count). The normalized spacial score (nSPS) is 26.7. The summed E-state index contributed by atoms with van der Waals surface area (Å²) < 4.78 is 5.36. The van der Waals surface area contributed by atoms with Crippen LogP contribution >= 0.6 is 11.6 Å². The molecule has 1 aliphatic rings. The van der Waals surface area contributed by atoms with E-state index in [4.69, 9.17) is 22.1 Å². The van der Waals surface area contributed by atoms with E-state index < -0.39 is 11.1 Å². The number of carbonyl (C=O) groups excluding carboxylic acids is 1. The summed E-state index contributed by atoms with van der Waals surface area (Å²) in [6.45, 7) is 5.55. The summed E-state index contributed by atoms with van der Waals surface area (Å²) in [5, 5.41) is 0.712. The topological polar surface area (TPSA) is 52.3 Å². The molecule has 104 valence electrons. The molecule has 1 aromatic carbocycles. The van der Waals surface area contributed by atoms with Crippen LogP contribution in [0.3, 0.4) is 0 Å². The maximum atomic E-state index is 12.0. The van der Waals surface area contributed by atoms with Gasteiger partial charge in [0, 0.05) is 5.02 Å². The fourth-order valence-electron chi connectivity index (χ4n) is 2.36. The van der Waals surface area contributed by atoms with Crippen LogP contribution in [0.1, 0.15) is 45.1 Å². The Morgan fingerprint density at radius 3 is 2.58 bits per heavy atom. The molecule has 0 amide bonds. The van der Waals surface area contributed by atoms with Gasteiger partial charge in [0.25, 0.3) is 0 Å². The highest BCUT2D eigenvalue weighted by Crippen LogP contribution is 2.44. The summed E-state index contributed by atoms with van der Waals surface area (Å²) in [5.41, 5.74) is 5.91. The predicted octanol–water partition coefficient (Wildman–Crippen LogP) is 3.26. The third-order valence-electron chi connectivity index (χ3n) is 3.35. The number of esters is 1. The van der Waals surface area contributed by atoms with E-state index in [1.165, 1.54) is 0 Å². The Morgan fingerprint density at radius 2 is 2.05 bits per heavy atom. The summed E-state index contributed by atoms with van der Waals surface area (Å²) in [6.07, 6.45) is 1.23. The molecule has 0 atom stereocenters. The van der Waals surface area contributed by atoms with Crippen LogP contribution in [0.2, 0.25) is 5.02 Å². The molecule has 1 aliphatic carbocycles. The number of halogens is 1. The maximum Gasteiger partial charge on any atom is 0.326 e. The van der Waals surface area contributed by atoms with Crippen LogP contribution in [0.15, 0.2) is 24.3 Å². The van der Waals surface area contributed by atoms with Gasteiger partial charge in [-0.15, -0.1) is 0 Å². The van der Waals surface area contributed by atoms with Gasteiger partial charge in [0.15, 0.2) is 0 Å². The average molecular weight is 282 g/mol. The molecule has 19 heavy (non-hydrogen) atoms. The molecule has 0 heterocycles. The van der Waals surface area contributed by atoms with Crippen molar-refractivity contribution in [3.8, 4) is 0 Å². The van der Waals surface area contributed by atoms with Crippen molar-refractivity contribution in [2.45, 2.75) is 50.7 Å². The molecule has 0 aromatic heterocycles. The number of hydrogen-bond acceptors (Lipinski definition) is 3. The smallest absolute Gasteiger partial charge is 0.326 e. The van der Waals surface area contributed by atoms with Crippen molar-refractivity contribution in [2.75, 3.05) is 0 Å².